The summed E-state index contributed by atoms with van der Waals surface area (Å²) in [6, 6.07) is 15.0. The van der Waals surface area contributed by atoms with Crippen molar-refractivity contribution in [3.05, 3.63) is 59.7 Å². The van der Waals surface area contributed by atoms with Crippen LogP contribution in [0.15, 0.2) is 53.4 Å². The van der Waals surface area contributed by atoms with E-state index in [0.29, 0.717) is 16.5 Å². The van der Waals surface area contributed by atoms with Crippen molar-refractivity contribution in [2.75, 3.05) is 24.4 Å². The van der Waals surface area contributed by atoms with Crippen LogP contribution < -0.4 is 4.72 Å². The van der Waals surface area contributed by atoms with Crippen LogP contribution in [-0.2, 0) is 16.4 Å². The molecule has 0 saturated carbocycles. The van der Waals surface area contributed by atoms with Crippen molar-refractivity contribution >= 4 is 28.1 Å². The number of aryl methyl sites for hydroxylation is 1. The summed E-state index contributed by atoms with van der Waals surface area (Å²) in [7, 11) is -3.55. The van der Waals surface area contributed by atoms with Crippen molar-refractivity contribution in [1.82, 2.24) is 4.90 Å². The highest BCUT2D eigenvalue weighted by atomic mass is 35.5. The fourth-order valence-electron chi connectivity index (χ4n) is 3.79. The van der Waals surface area contributed by atoms with Crippen molar-refractivity contribution in [2.45, 2.75) is 50.3 Å². The molecule has 2 aromatic rings. The lowest BCUT2D eigenvalue weighted by Crippen LogP contribution is -2.20. The number of hydrogen-bond acceptors (Lipinski definition) is 3. The van der Waals surface area contributed by atoms with Crippen molar-refractivity contribution in [3.8, 4) is 0 Å². The van der Waals surface area contributed by atoms with Gasteiger partial charge in [0.1, 0.15) is 0 Å². The summed E-state index contributed by atoms with van der Waals surface area (Å²) >= 11 is 0. The molecule has 3 rings (SSSR count). The molecule has 1 aliphatic rings. The van der Waals surface area contributed by atoms with Crippen molar-refractivity contribution < 1.29 is 8.42 Å². The molecule has 154 valence electrons. The third-order valence-electron chi connectivity index (χ3n) is 5.22. The first-order chi connectivity index (χ1) is 13.0. The largest absolute Gasteiger partial charge is 0.303 e. The standard InChI is InChI=1S/C22H30N2O2S.ClH/c1-3-5-18-6-12-22(13-7-18)27(25,26)23-21-10-8-19(9-11-21)20-14-16-24(17-20)15-4-2;/h6-13,20,23H,3-5,14-17H2,1-2H3;1H/t20-;/m1./s1. The predicted molar refractivity (Wildman–Crippen MR) is 119 cm³/mol. The van der Waals surface area contributed by atoms with E-state index >= 15 is 0 Å². The Labute approximate surface area is 175 Å². The van der Waals surface area contributed by atoms with Crippen LogP contribution in [0.25, 0.3) is 0 Å². The Hall–Kier alpha value is -1.56. The Morgan fingerprint density at radius 2 is 1.68 bits per heavy atom. The Morgan fingerprint density at radius 3 is 2.29 bits per heavy atom. The molecule has 0 aliphatic carbocycles. The molecule has 0 spiro atoms. The second-order valence-corrected chi connectivity index (χ2v) is 9.09. The van der Waals surface area contributed by atoms with E-state index in [1.807, 2.05) is 24.3 Å². The van der Waals surface area contributed by atoms with Crippen LogP contribution in [0.5, 0.6) is 0 Å². The highest BCUT2D eigenvalue weighted by molar-refractivity contribution is 7.92. The number of halogens is 1. The lowest BCUT2D eigenvalue weighted by molar-refractivity contribution is 0.335. The number of likely N-dealkylation sites (tertiary alicyclic amines) is 1. The van der Waals surface area contributed by atoms with E-state index in [4.69, 9.17) is 0 Å². The molecule has 0 aromatic heterocycles. The van der Waals surface area contributed by atoms with Gasteiger partial charge in [0.15, 0.2) is 0 Å². The van der Waals surface area contributed by atoms with Gasteiger partial charge in [0.2, 0.25) is 0 Å². The number of anilines is 1. The molecular formula is C22H31ClN2O2S. The van der Waals surface area contributed by atoms with Gasteiger partial charge in [-0.1, -0.05) is 44.5 Å². The summed E-state index contributed by atoms with van der Waals surface area (Å²) < 4.78 is 27.9. The van der Waals surface area contributed by atoms with Gasteiger partial charge in [0.05, 0.1) is 4.90 Å². The third-order valence-corrected chi connectivity index (χ3v) is 6.62. The summed E-state index contributed by atoms with van der Waals surface area (Å²) in [5.74, 6) is 0.549. The van der Waals surface area contributed by atoms with Crippen LogP contribution in [0.3, 0.4) is 0 Å². The summed E-state index contributed by atoms with van der Waals surface area (Å²) in [6.07, 6.45) is 4.38. The molecule has 1 saturated heterocycles. The first kappa shape index (κ1) is 22.7. The minimum Gasteiger partial charge on any atom is -0.303 e. The molecule has 1 fully saturated rings. The maximum atomic E-state index is 12.6. The van der Waals surface area contributed by atoms with Gasteiger partial charge in [-0.05, 0) is 73.7 Å². The van der Waals surface area contributed by atoms with Gasteiger partial charge in [-0.25, -0.2) is 8.42 Å². The molecule has 1 atom stereocenters. The minimum atomic E-state index is -3.55. The van der Waals surface area contributed by atoms with E-state index in [0.717, 1.165) is 38.0 Å². The maximum absolute atomic E-state index is 12.6. The predicted octanol–water partition coefficient (Wildman–Crippen LogP) is 5.06. The van der Waals surface area contributed by atoms with Crippen LogP contribution >= 0.6 is 12.4 Å². The summed E-state index contributed by atoms with van der Waals surface area (Å²) in [5, 5.41) is 0. The Bertz CT molecular complexity index is 836. The molecule has 2 aromatic carbocycles. The van der Waals surface area contributed by atoms with Gasteiger partial charge < -0.3 is 4.90 Å². The first-order valence-corrected chi connectivity index (χ1v) is 11.4. The van der Waals surface area contributed by atoms with E-state index in [2.05, 4.69) is 35.6 Å². The second-order valence-electron chi connectivity index (χ2n) is 7.41. The van der Waals surface area contributed by atoms with Crippen molar-refractivity contribution in [3.63, 3.8) is 0 Å². The molecule has 1 aliphatic heterocycles. The van der Waals surface area contributed by atoms with E-state index < -0.39 is 10.0 Å². The summed E-state index contributed by atoms with van der Waals surface area (Å²) in [5.41, 5.74) is 3.06. The molecule has 6 heteroatoms. The zero-order chi connectivity index (χ0) is 19.3. The molecule has 0 unspecified atom stereocenters. The molecule has 0 amide bonds. The van der Waals surface area contributed by atoms with Crippen LogP contribution in [0, 0.1) is 0 Å². The molecule has 1 N–H and O–H groups in total. The maximum Gasteiger partial charge on any atom is 0.261 e. The second kappa shape index (κ2) is 10.3. The molecule has 0 bridgehead atoms. The Kier molecular flexibility index (Phi) is 8.35. The molecule has 1 heterocycles. The molecule has 0 radical (unpaired) electrons. The minimum absolute atomic E-state index is 0. The Morgan fingerprint density at radius 1 is 1.00 bits per heavy atom. The Balaban J connectivity index is 0.00000280. The van der Waals surface area contributed by atoms with E-state index in [1.54, 1.807) is 12.1 Å². The normalized spacial score (nSPS) is 17.3. The van der Waals surface area contributed by atoms with Gasteiger partial charge >= 0.3 is 0 Å². The average Bonchev–Trinajstić information content (AvgIpc) is 3.12. The van der Waals surface area contributed by atoms with Crippen LogP contribution in [0.4, 0.5) is 5.69 Å². The molecule has 4 nitrogen and oxygen atoms in total. The molecule has 28 heavy (non-hydrogen) atoms. The van der Waals surface area contributed by atoms with Crippen LogP contribution in [0.2, 0.25) is 0 Å². The highest BCUT2D eigenvalue weighted by Crippen LogP contribution is 2.28. The highest BCUT2D eigenvalue weighted by Gasteiger charge is 2.23. The lowest BCUT2D eigenvalue weighted by Gasteiger charge is -2.15. The zero-order valence-electron chi connectivity index (χ0n) is 16.7. The van der Waals surface area contributed by atoms with Gasteiger partial charge in [0, 0.05) is 12.2 Å². The van der Waals surface area contributed by atoms with Gasteiger partial charge in [-0.15, -0.1) is 12.4 Å². The zero-order valence-corrected chi connectivity index (χ0v) is 18.4. The average molecular weight is 423 g/mol. The summed E-state index contributed by atoms with van der Waals surface area (Å²) in [6.45, 7) is 7.74. The van der Waals surface area contributed by atoms with Gasteiger partial charge in [0.25, 0.3) is 10.0 Å². The number of rotatable bonds is 8. The quantitative estimate of drug-likeness (QED) is 0.646. The van der Waals surface area contributed by atoms with E-state index in [-0.39, 0.29) is 12.4 Å². The lowest BCUT2D eigenvalue weighted by atomic mass is 9.98. The van der Waals surface area contributed by atoms with Gasteiger partial charge in [-0.2, -0.15) is 0 Å². The number of sulfonamides is 1. The number of nitrogens with one attached hydrogen (secondary N) is 1. The van der Waals surface area contributed by atoms with Crippen molar-refractivity contribution in [1.29, 1.82) is 0 Å². The smallest absolute Gasteiger partial charge is 0.261 e. The summed E-state index contributed by atoms with van der Waals surface area (Å²) in [4.78, 5) is 2.81. The topological polar surface area (TPSA) is 49.4 Å². The molecular weight excluding hydrogens is 392 g/mol. The third kappa shape index (κ3) is 5.72. The van der Waals surface area contributed by atoms with Gasteiger partial charge in [-0.3, -0.25) is 4.72 Å². The fourth-order valence-corrected chi connectivity index (χ4v) is 4.84. The fraction of sp³-hybridized carbons (Fsp3) is 0.455. The number of nitrogens with zero attached hydrogens (tertiary/aromatic N) is 1. The first-order valence-electron chi connectivity index (χ1n) is 9.96. The van der Waals surface area contributed by atoms with Crippen molar-refractivity contribution in [2.24, 2.45) is 0 Å². The van der Waals surface area contributed by atoms with E-state index in [1.165, 1.54) is 18.4 Å². The van der Waals surface area contributed by atoms with E-state index in [9.17, 15) is 8.42 Å². The number of benzene rings is 2. The monoisotopic (exact) mass is 422 g/mol. The number of hydrogen-bond donors (Lipinski definition) is 1. The van der Waals surface area contributed by atoms with Crippen LogP contribution in [-0.4, -0.2) is 33.0 Å². The SMILES string of the molecule is CCCc1ccc(S(=O)(=O)Nc2ccc([C@@H]3CCN(CCC)C3)cc2)cc1.Cl. The van der Waals surface area contributed by atoms with Crippen LogP contribution in [0.1, 0.15) is 50.2 Å².